The largest absolute Gasteiger partial charge is 0.381 e. The van der Waals surface area contributed by atoms with Crippen molar-refractivity contribution in [3.05, 3.63) is 90.0 Å². The fourth-order valence-corrected chi connectivity index (χ4v) is 3.58. The van der Waals surface area contributed by atoms with E-state index in [2.05, 4.69) is 47.9 Å². The van der Waals surface area contributed by atoms with Crippen LogP contribution in [-0.4, -0.2) is 16.5 Å². The molecule has 0 bridgehead atoms. The van der Waals surface area contributed by atoms with Crippen LogP contribution in [0.5, 0.6) is 0 Å². The number of hydrogen-bond donors (Lipinski definition) is 2. The van der Waals surface area contributed by atoms with E-state index in [9.17, 15) is 0 Å². The monoisotopic (exact) mass is 364 g/mol. The predicted octanol–water partition coefficient (Wildman–Crippen LogP) is 5.57. The number of rotatable bonds is 3. The summed E-state index contributed by atoms with van der Waals surface area (Å²) in [6.45, 7) is 2.96. The third-order valence-corrected chi connectivity index (χ3v) is 5.05. The lowest BCUT2D eigenvalue weighted by Gasteiger charge is -2.24. The van der Waals surface area contributed by atoms with Gasteiger partial charge in [0.2, 0.25) is 0 Å². The molecule has 1 aliphatic rings. The van der Waals surface area contributed by atoms with Gasteiger partial charge in [-0.1, -0.05) is 60.7 Å². The molecule has 3 aromatic carbocycles. The number of nitrogens with one attached hydrogen (secondary N) is 2. The number of anilines is 2. The van der Waals surface area contributed by atoms with Crippen molar-refractivity contribution in [2.75, 3.05) is 17.2 Å². The van der Waals surface area contributed by atoms with Crippen LogP contribution in [-0.2, 0) is 0 Å². The Bertz CT molecular complexity index is 1200. The molecule has 0 aliphatic carbocycles. The summed E-state index contributed by atoms with van der Waals surface area (Å²) in [6, 6.07) is 26.6. The van der Waals surface area contributed by atoms with E-state index in [-0.39, 0.29) is 0 Å². The Kier molecular flexibility index (Phi) is 4.02. The Morgan fingerprint density at radius 2 is 1.57 bits per heavy atom. The predicted molar refractivity (Wildman–Crippen MR) is 116 cm³/mol. The Morgan fingerprint density at radius 3 is 2.46 bits per heavy atom. The van der Waals surface area contributed by atoms with Gasteiger partial charge in [-0.15, -0.1) is 0 Å². The van der Waals surface area contributed by atoms with Gasteiger partial charge < -0.3 is 10.6 Å². The van der Waals surface area contributed by atoms with Crippen molar-refractivity contribution in [2.24, 2.45) is 0 Å². The van der Waals surface area contributed by atoms with Gasteiger partial charge in [0.1, 0.15) is 5.82 Å². The van der Waals surface area contributed by atoms with Crippen molar-refractivity contribution >= 4 is 28.1 Å². The number of fused-ring (bicyclic) bond motifs is 2. The minimum Gasteiger partial charge on any atom is -0.381 e. The molecule has 136 valence electrons. The quantitative estimate of drug-likeness (QED) is 0.499. The molecule has 0 fully saturated rings. The summed E-state index contributed by atoms with van der Waals surface area (Å²) in [5.41, 5.74) is 6.60. The molecular formula is C24H20N4. The maximum Gasteiger partial charge on any atom is 0.162 e. The van der Waals surface area contributed by atoms with Crippen molar-refractivity contribution in [2.45, 2.75) is 6.92 Å². The SMILES string of the molecule is CC1=C(Nc2nc(-c3ccccc3)nc3ccccc23)c2ccccc2NC1. The molecule has 0 saturated heterocycles. The number of aromatic nitrogens is 2. The van der Waals surface area contributed by atoms with Crippen LogP contribution < -0.4 is 10.6 Å². The fourth-order valence-electron chi connectivity index (χ4n) is 3.58. The van der Waals surface area contributed by atoms with Crippen LogP contribution in [0.2, 0.25) is 0 Å². The molecule has 28 heavy (non-hydrogen) atoms. The number of nitrogens with zero attached hydrogens (tertiary/aromatic N) is 2. The molecule has 2 N–H and O–H groups in total. The maximum absolute atomic E-state index is 4.90. The van der Waals surface area contributed by atoms with E-state index in [1.165, 1.54) is 5.57 Å². The Hall–Kier alpha value is -3.66. The molecule has 1 aromatic heterocycles. The van der Waals surface area contributed by atoms with Crippen LogP contribution >= 0.6 is 0 Å². The van der Waals surface area contributed by atoms with E-state index in [0.717, 1.165) is 51.6 Å². The molecule has 0 amide bonds. The zero-order valence-electron chi connectivity index (χ0n) is 15.6. The van der Waals surface area contributed by atoms with Crippen LogP contribution in [0.1, 0.15) is 12.5 Å². The fraction of sp³-hybridized carbons (Fsp3) is 0.0833. The van der Waals surface area contributed by atoms with Gasteiger partial charge in [-0.3, -0.25) is 0 Å². The minimum atomic E-state index is 0.724. The highest BCUT2D eigenvalue weighted by atomic mass is 15.1. The van der Waals surface area contributed by atoms with Crippen LogP contribution in [0.3, 0.4) is 0 Å². The first kappa shape index (κ1) is 16.5. The Morgan fingerprint density at radius 1 is 0.821 bits per heavy atom. The zero-order chi connectivity index (χ0) is 18.9. The minimum absolute atomic E-state index is 0.724. The van der Waals surface area contributed by atoms with E-state index in [1.54, 1.807) is 0 Å². The Balaban J connectivity index is 1.67. The zero-order valence-corrected chi connectivity index (χ0v) is 15.6. The highest BCUT2D eigenvalue weighted by Gasteiger charge is 2.18. The highest BCUT2D eigenvalue weighted by molar-refractivity contribution is 5.96. The molecule has 1 aliphatic heterocycles. The number of hydrogen-bond acceptors (Lipinski definition) is 4. The number of para-hydroxylation sites is 2. The molecule has 4 aromatic rings. The molecule has 2 heterocycles. The van der Waals surface area contributed by atoms with Crippen molar-refractivity contribution in [1.29, 1.82) is 0 Å². The highest BCUT2D eigenvalue weighted by Crippen LogP contribution is 2.33. The lowest BCUT2D eigenvalue weighted by molar-refractivity contribution is 1.16. The molecule has 0 unspecified atom stereocenters. The standard InChI is InChI=1S/C24H20N4/c1-16-15-25-20-13-7-5-11-18(20)22(16)27-24-19-12-6-8-14-21(19)26-23(28-24)17-9-3-2-4-10-17/h2-14,25H,15H2,1H3,(H,26,27,28). The van der Waals surface area contributed by atoms with Crippen molar-refractivity contribution in [1.82, 2.24) is 9.97 Å². The van der Waals surface area contributed by atoms with Gasteiger partial charge in [0.05, 0.1) is 5.52 Å². The molecule has 0 saturated carbocycles. The van der Waals surface area contributed by atoms with Gasteiger partial charge in [-0.2, -0.15) is 0 Å². The summed E-state index contributed by atoms with van der Waals surface area (Å²) in [5.74, 6) is 1.55. The summed E-state index contributed by atoms with van der Waals surface area (Å²) in [5, 5.41) is 8.11. The second-order valence-corrected chi connectivity index (χ2v) is 6.96. The summed E-state index contributed by atoms with van der Waals surface area (Å²) in [6.07, 6.45) is 0. The molecule has 5 rings (SSSR count). The summed E-state index contributed by atoms with van der Waals surface area (Å²) >= 11 is 0. The lowest BCUT2D eigenvalue weighted by atomic mass is 10.0. The van der Waals surface area contributed by atoms with E-state index >= 15 is 0 Å². The maximum atomic E-state index is 4.90. The van der Waals surface area contributed by atoms with Crippen molar-refractivity contribution in [3.63, 3.8) is 0 Å². The number of benzene rings is 3. The Labute approximate surface area is 164 Å². The molecular weight excluding hydrogens is 344 g/mol. The smallest absolute Gasteiger partial charge is 0.162 e. The van der Waals surface area contributed by atoms with Crippen molar-refractivity contribution < 1.29 is 0 Å². The van der Waals surface area contributed by atoms with E-state index in [1.807, 2.05) is 48.5 Å². The molecule has 0 radical (unpaired) electrons. The third kappa shape index (κ3) is 2.89. The molecule has 0 atom stereocenters. The molecule has 4 heteroatoms. The summed E-state index contributed by atoms with van der Waals surface area (Å²) in [4.78, 5) is 9.68. The third-order valence-electron chi connectivity index (χ3n) is 5.05. The van der Waals surface area contributed by atoms with Gasteiger partial charge in [0.25, 0.3) is 0 Å². The first-order valence-corrected chi connectivity index (χ1v) is 9.42. The van der Waals surface area contributed by atoms with Crippen molar-refractivity contribution in [3.8, 4) is 11.4 Å². The normalized spacial score (nSPS) is 13.2. The average Bonchev–Trinajstić information content (AvgIpc) is 2.76. The van der Waals surface area contributed by atoms with Gasteiger partial charge in [0.15, 0.2) is 5.82 Å². The average molecular weight is 364 g/mol. The van der Waals surface area contributed by atoms with E-state index < -0.39 is 0 Å². The van der Waals surface area contributed by atoms with Gasteiger partial charge in [-0.05, 0) is 30.7 Å². The lowest BCUT2D eigenvalue weighted by Crippen LogP contribution is -2.17. The van der Waals surface area contributed by atoms with E-state index in [0.29, 0.717) is 0 Å². The van der Waals surface area contributed by atoms with Crippen LogP contribution in [0.15, 0.2) is 84.4 Å². The topological polar surface area (TPSA) is 49.8 Å². The van der Waals surface area contributed by atoms with Gasteiger partial charge in [-0.25, -0.2) is 9.97 Å². The second-order valence-electron chi connectivity index (χ2n) is 6.96. The summed E-state index contributed by atoms with van der Waals surface area (Å²) < 4.78 is 0. The van der Waals surface area contributed by atoms with Gasteiger partial charge >= 0.3 is 0 Å². The summed E-state index contributed by atoms with van der Waals surface area (Å²) in [7, 11) is 0. The first-order valence-electron chi connectivity index (χ1n) is 9.42. The molecule has 0 spiro atoms. The van der Waals surface area contributed by atoms with E-state index in [4.69, 9.17) is 9.97 Å². The van der Waals surface area contributed by atoms with Crippen LogP contribution in [0.4, 0.5) is 11.5 Å². The van der Waals surface area contributed by atoms with Crippen LogP contribution in [0.25, 0.3) is 28.0 Å². The van der Waals surface area contributed by atoms with Gasteiger partial charge in [0, 0.05) is 34.4 Å². The second kappa shape index (κ2) is 6.82. The van der Waals surface area contributed by atoms with Crippen LogP contribution in [0, 0.1) is 0 Å². The first-order chi connectivity index (χ1) is 13.8. The molecule has 4 nitrogen and oxygen atoms in total.